The van der Waals surface area contributed by atoms with Crippen molar-refractivity contribution in [2.24, 2.45) is 0 Å². The van der Waals surface area contributed by atoms with Gasteiger partial charge in [0.2, 0.25) is 5.91 Å². The van der Waals surface area contributed by atoms with Crippen molar-refractivity contribution in [3.05, 3.63) is 85.1 Å². The lowest BCUT2D eigenvalue weighted by Crippen LogP contribution is -2.60. The van der Waals surface area contributed by atoms with Gasteiger partial charge in [0.05, 0.1) is 25.4 Å². The van der Waals surface area contributed by atoms with Gasteiger partial charge in [-0.3, -0.25) is 4.79 Å². The maximum Gasteiger partial charge on any atom is 0.220 e. The Bertz CT molecular complexity index is 1550. The second-order valence-corrected chi connectivity index (χ2v) is 23.6. The first-order valence-electron chi connectivity index (χ1n) is 34.3. The molecule has 9 nitrogen and oxygen atoms in total. The van der Waals surface area contributed by atoms with Crippen molar-refractivity contribution in [1.29, 1.82) is 0 Å². The maximum absolute atomic E-state index is 13.1. The number of ether oxygens (including phenoxy) is 2. The Labute approximate surface area is 499 Å². The highest BCUT2D eigenvalue weighted by Gasteiger charge is 2.44. The van der Waals surface area contributed by atoms with Crippen LogP contribution in [0.3, 0.4) is 0 Å². The van der Waals surface area contributed by atoms with Gasteiger partial charge >= 0.3 is 0 Å². The Kier molecular flexibility index (Phi) is 57.0. The number of aliphatic hydroxyl groups is 5. The predicted octanol–water partition coefficient (Wildman–Crippen LogP) is 18.5. The van der Waals surface area contributed by atoms with Crippen molar-refractivity contribution in [3.8, 4) is 0 Å². The topological polar surface area (TPSA) is 149 Å². The molecular formula is C72H129NO8. The molecule has 6 N–H and O–H groups in total. The Morgan fingerprint density at radius 2 is 0.765 bits per heavy atom. The van der Waals surface area contributed by atoms with Crippen LogP contribution in [0, 0.1) is 0 Å². The van der Waals surface area contributed by atoms with Gasteiger partial charge in [0, 0.05) is 6.42 Å². The molecule has 1 saturated heterocycles. The van der Waals surface area contributed by atoms with Gasteiger partial charge in [0.25, 0.3) is 0 Å². The zero-order chi connectivity index (χ0) is 58.6. The van der Waals surface area contributed by atoms with E-state index in [1.165, 1.54) is 212 Å². The van der Waals surface area contributed by atoms with Gasteiger partial charge in [-0.1, -0.05) is 317 Å². The highest BCUT2D eigenvalue weighted by Crippen LogP contribution is 2.23. The number of hydrogen-bond acceptors (Lipinski definition) is 8. The fourth-order valence-corrected chi connectivity index (χ4v) is 10.6. The number of allylic oxidation sites excluding steroid dienone is 13. The SMILES string of the molecule is CC/C=C\C/C=C\C/C=C\C/C=C\C/C=C\C/C=C\CCCCCCCCCCCCCCCCCCCCC(=O)NC(COC1OC(CO)C(O)C(O)C1O)C(O)/C=C/CCCCCCCCCCCCCCCCCCCCC. The fourth-order valence-electron chi connectivity index (χ4n) is 10.6. The summed E-state index contributed by atoms with van der Waals surface area (Å²) in [5.74, 6) is -0.174. The second kappa shape index (κ2) is 60.5. The first-order valence-corrected chi connectivity index (χ1v) is 34.3. The molecule has 470 valence electrons. The van der Waals surface area contributed by atoms with E-state index in [0.29, 0.717) is 6.42 Å². The van der Waals surface area contributed by atoms with Crippen LogP contribution in [0.4, 0.5) is 0 Å². The summed E-state index contributed by atoms with van der Waals surface area (Å²) in [4.78, 5) is 13.1. The molecule has 0 aromatic carbocycles. The smallest absolute Gasteiger partial charge is 0.220 e. The number of amides is 1. The molecule has 0 aromatic heterocycles. The van der Waals surface area contributed by atoms with Crippen molar-refractivity contribution >= 4 is 5.91 Å². The fraction of sp³-hybridized carbons (Fsp3) is 0.792. The van der Waals surface area contributed by atoms with E-state index in [1.807, 2.05) is 6.08 Å². The van der Waals surface area contributed by atoms with Gasteiger partial charge in [-0.05, 0) is 70.6 Å². The Hall–Kier alpha value is -2.63. The van der Waals surface area contributed by atoms with Crippen LogP contribution in [0.15, 0.2) is 85.1 Å². The van der Waals surface area contributed by atoms with E-state index in [2.05, 4.69) is 92.1 Å². The predicted molar refractivity (Wildman–Crippen MR) is 345 cm³/mol. The largest absolute Gasteiger partial charge is 0.394 e. The number of nitrogens with one attached hydrogen (secondary N) is 1. The average molecular weight is 1140 g/mol. The molecular weight excluding hydrogens is 1010 g/mol. The van der Waals surface area contributed by atoms with E-state index in [1.54, 1.807) is 6.08 Å². The molecule has 7 unspecified atom stereocenters. The lowest BCUT2D eigenvalue weighted by molar-refractivity contribution is -0.302. The van der Waals surface area contributed by atoms with Gasteiger partial charge in [-0.2, -0.15) is 0 Å². The molecule has 0 bridgehead atoms. The van der Waals surface area contributed by atoms with Crippen LogP contribution in [0.1, 0.15) is 309 Å². The van der Waals surface area contributed by atoms with E-state index in [0.717, 1.165) is 77.0 Å². The maximum atomic E-state index is 13.1. The number of unbranched alkanes of at least 4 members (excludes halogenated alkanes) is 37. The number of rotatable bonds is 59. The van der Waals surface area contributed by atoms with Crippen LogP contribution in [0.2, 0.25) is 0 Å². The summed E-state index contributed by atoms with van der Waals surface area (Å²) in [6, 6.07) is -0.808. The first kappa shape index (κ1) is 76.4. The van der Waals surface area contributed by atoms with Crippen LogP contribution in [0.25, 0.3) is 0 Å². The number of hydrogen-bond donors (Lipinski definition) is 6. The van der Waals surface area contributed by atoms with E-state index in [4.69, 9.17) is 9.47 Å². The lowest BCUT2D eigenvalue weighted by atomic mass is 9.99. The van der Waals surface area contributed by atoms with Gasteiger partial charge < -0.3 is 40.3 Å². The van der Waals surface area contributed by atoms with Crippen LogP contribution < -0.4 is 5.32 Å². The highest BCUT2D eigenvalue weighted by molar-refractivity contribution is 5.76. The van der Waals surface area contributed by atoms with E-state index in [-0.39, 0.29) is 12.5 Å². The molecule has 0 spiro atoms. The van der Waals surface area contributed by atoms with Crippen LogP contribution in [0.5, 0.6) is 0 Å². The van der Waals surface area contributed by atoms with Gasteiger partial charge in [-0.15, -0.1) is 0 Å². The molecule has 1 fully saturated rings. The zero-order valence-corrected chi connectivity index (χ0v) is 52.5. The summed E-state index contributed by atoms with van der Waals surface area (Å²) in [5.41, 5.74) is 0. The monoisotopic (exact) mass is 1140 g/mol. The molecule has 1 amide bonds. The van der Waals surface area contributed by atoms with Crippen LogP contribution >= 0.6 is 0 Å². The molecule has 1 aliphatic rings. The molecule has 81 heavy (non-hydrogen) atoms. The van der Waals surface area contributed by atoms with Crippen molar-refractivity contribution in [2.45, 2.75) is 352 Å². The van der Waals surface area contributed by atoms with E-state index < -0.39 is 49.5 Å². The highest BCUT2D eigenvalue weighted by atomic mass is 16.7. The standard InChI is InChI=1S/C72H129NO8/c1-3-5-7-9-11-13-15-17-19-21-23-25-26-27-28-29-30-31-32-33-34-35-36-37-38-39-40-42-44-46-48-50-52-54-56-58-60-62-68(76)73-65(64-80-72-71(79)70(78)69(77)67(63-74)81-72)66(75)61-59-57-55-53-51-49-47-45-43-41-24-22-20-18-16-14-12-10-8-6-4-2/h5,7,11,13,17,19,23,25,27-28,30-31,59,61,65-67,69-72,74-75,77-79H,3-4,6,8-10,12,14-16,18,20-22,24,26,29,32-58,60,62-64H2,1-2H3,(H,73,76)/b7-5-,13-11-,19-17-,25-23-,28-27-,31-30-,61-59+. The molecule has 0 aliphatic carbocycles. The first-order chi connectivity index (χ1) is 39.8. The lowest BCUT2D eigenvalue weighted by Gasteiger charge is -2.40. The molecule has 1 aliphatic heterocycles. The number of aliphatic hydroxyl groups excluding tert-OH is 5. The number of carbonyl (C=O) groups is 1. The second-order valence-electron chi connectivity index (χ2n) is 23.6. The Morgan fingerprint density at radius 1 is 0.432 bits per heavy atom. The molecule has 0 radical (unpaired) electrons. The van der Waals surface area contributed by atoms with Crippen LogP contribution in [-0.4, -0.2) is 87.5 Å². The van der Waals surface area contributed by atoms with Gasteiger partial charge in [0.15, 0.2) is 6.29 Å². The summed E-state index contributed by atoms with van der Waals surface area (Å²) in [6.07, 6.45) is 79.6. The molecule has 0 aromatic rings. The molecule has 7 atom stereocenters. The normalized spacial score (nSPS) is 18.9. The Balaban J connectivity index is 2.11. The van der Waals surface area contributed by atoms with Crippen molar-refractivity contribution in [2.75, 3.05) is 13.2 Å². The third-order valence-electron chi connectivity index (χ3n) is 16.0. The minimum absolute atomic E-state index is 0.174. The van der Waals surface area contributed by atoms with E-state index in [9.17, 15) is 30.3 Å². The summed E-state index contributed by atoms with van der Waals surface area (Å²) < 4.78 is 11.3. The average Bonchev–Trinajstić information content (AvgIpc) is 3.49. The third kappa shape index (κ3) is 49.4. The summed E-state index contributed by atoms with van der Waals surface area (Å²) in [5, 5.41) is 54.7. The molecule has 1 heterocycles. The van der Waals surface area contributed by atoms with Crippen molar-refractivity contribution < 1.29 is 39.8 Å². The van der Waals surface area contributed by atoms with Crippen molar-refractivity contribution in [3.63, 3.8) is 0 Å². The minimum atomic E-state index is -1.57. The quantitative estimate of drug-likeness (QED) is 0.0261. The number of carbonyl (C=O) groups excluding carboxylic acids is 1. The zero-order valence-electron chi connectivity index (χ0n) is 52.5. The summed E-state index contributed by atoms with van der Waals surface area (Å²) >= 11 is 0. The third-order valence-corrected chi connectivity index (χ3v) is 16.0. The van der Waals surface area contributed by atoms with Gasteiger partial charge in [0.1, 0.15) is 24.4 Å². The molecule has 0 saturated carbocycles. The Morgan fingerprint density at radius 3 is 1.14 bits per heavy atom. The molecule has 9 heteroatoms. The summed E-state index contributed by atoms with van der Waals surface area (Å²) in [6.45, 7) is 3.70. The van der Waals surface area contributed by atoms with E-state index >= 15 is 0 Å². The van der Waals surface area contributed by atoms with Crippen LogP contribution in [-0.2, 0) is 14.3 Å². The molecule has 1 rings (SSSR count). The van der Waals surface area contributed by atoms with Crippen molar-refractivity contribution in [1.82, 2.24) is 5.32 Å². The van der Waals surface area contributed by atoms with Gasteiger partial charge in [-0.25, -0.2) is 0 Å². The minimum Gasteiger partial charge on any atom is -0.394 e. The summed E-state index contributed by atoms with van der Waals surface area (Å²) in [7, 11) is 0.